The van der Waals surface area contributed by atoms with Gasteiger partial charge in [-0.25, -0.2) is 13.1 Å². The number of rotatable bonds is 6. The molecule has 1 unspecified atom stereocenters. The minimum absolute atomic E-state index is 0.00884. The van der Waals surface area contributed by atoms with E-state index in [1.165, 1.54) is 12.1 Å². The van der Waals surface area contributed by atoms with Gasteiger partial charge in [-0.3, -0.25) is 0 Å². The van der Waals surface area contributed by atoms with Gasteiger partial charge in [-0.1, -0.05) is 11.6 Å². The smallest absolute Gasteiger partial charge is 0.241 e. The van der Waals surface area contributed by atoms with Gasteiger partial charge in [0.05, 0.1) is 15.5 Å². The van der Waals surface area contributed by atoms with Crippen LogP contribution in [0.3, 0.4) is 0 Å². The Kier molecular flexibility index (Phi) is 6.07. The number of nitrogen functional groups attached to an aromatic ring is 1. The molecule has 0 radical (unpaired) electrons. The van der Waals surface area contributed by atoms with E-state index >= 15 is 0 Å². The number of hydrogen-bond donors (Lipinski definition) is 3. The van der Waals surface area contributed by atoms with Gasteiger partial charge in [0, 0.05) is 17.3 Å². The maximum atomic E-state index is 12.1. The van der Waals surface area contributed by atoms with Crippen LogP contribution in [0, 0.1) is 0 Å². The molecule has 0 fully saturated rings. The lowest BCUT2D eigenvalue weighted by molar-refractivity contribution is 0.182. The number of sulfonamides is 1. The molecule has 0 aromatic heterocycles. The number of benzene rings is 1. The molecule has 0 amide bonds. The van der Waals surface area contributed by atoms with Crippen LogP contribution in [0.5, 0.6) is 0 Å². The van der Waals surface area contributed by atoms with Crippen LogP contribution in [0.1, 0.15) is 19.8 Å². The molecule has 1 aromatic carbocycles. The zero-order valence-corrected chi connectivity index (χ0v) is 13.5. The van der Waals surface area contributed by atoms with E-state index in [9.17, 15) is 8.42 Å². The molecule has 0 saturated carbocycles. The molecule has 0 saturated heterocycles. The number of anilines is 1. The van der Waals surface area contributed by atoms with Gasteiger partial charge in [0.15, 0.2) is 0 Å². The summed E-state index contributed by atoms with van der Waals surface area (Å²) < 4.78 is 26.9. The maximum absolute atomic E-state index is 12.1. The standard InChI is InChI=1S/C11H16BrClN2O3S/c1-7(16)3-2-4-15-19(17,18)10-6-8(13)5-9(14)11(10)12/h5-7,15-16H,2-4,14H2,1H3. The molecule has 4 N–H and O–H groups in total. The average molecular weight is 372 g/mol. The third kappa shape index (κ3) is 4.92. The molecule has 1 atom stereocenters. The molecular weight excluding hydrogens is 356 g/mol. The molecule has 108 valence electrons. The number of hydrogen-bond acceptors (Lipinski definition) is 4. The summed E-state index contributed by atoms with van der Waals surface area (Å²) in [4.78, 5) is 0.00884. The van der Waals surface area contributed by atoms with Crippen molar-refractivity contribution < 1.29 is 13.5 Å². The number of nitrogens with one attached hydrogen (secondary N) is 1. The van der Waals surface area contributed by atoms with Crippen molar-refractivity contribution in [1.82, 2.24) is 4.72 Å². The summed E-state index contributed by atoms with van der Waals surface area (Å²) in [5.41, 5.74) is 5.92. The fourth-order valence-corrected chi connectivity index (χ4v) is 3.83. The number of nitrogens with two attached hydrogens (primary N) is 1. The molecule has 1 aromatic rings. The largest absolute Gasteiger partial charge is 0.398 e. The molecule has 0 spiro atoms. The van der Waals surface area contributed by atoms with E-state index in [1.807, 2.05) is 0 Å². The summed E-state index contributed by atoms with van der Waals surface area (Å²) in [6.07, 6.45) is 0.629. The Hall–Kier alpha value is -0.340. The molecule has 0 bridgehead atoms. The van der Waals surface area contributed by atoms with E-state index in [0.29, 0.717) is 17.3 Å². The first-order valence-corrected chi connectivity index (χ1v) is 8.31. The highest BCUT2D eigenvalue weighted by atomic mass is 79.9. The van der Waals surface area contributed by atoms with Crippen LogP contribution in [0.25, 0.3) is 0 Å². The first-order valence-electron chi connectivity index (χ1n) is 5.66. The second kappa shape index (κ2) is 6.90. The predicted octanol–water partition coefficient (Wildman–Crippen LogP) is 2.12. The van der Waals surface area contributed by atoms with Crippen LogP contribution in [0.2, 0.25) is 5.02 Å². The summed E-state index contributed by atoms with van der Waals surface area (Å²) in [5, 5.41) is 9.35. The van der Waals surface area contributed by atoms with Crippen LogP contribution in [0.4, 0.5) is 5.69 Å². The molecule has 0 aliphatic heterocycles. The van der Waals surface area contributed by atoms with Crippen molar-refractivity contribution >= 4 is 43.2 Å². The van der Waals surface area contributed by atoms with Gasteiger partial charge in [-0.15, -0.1) is 0 Å². The number of aliphatic hydroxyl groups is 1. The lowest BCUT2D eigenvalue weighted by atomic mass is 10.2. The fraction of sp³-hybridized carbons (Fsp3) is 0.455. The Bertz CT molecular complexity index is 549. The van der Waals surface area contributed by atoms with Crippen molar-refractivity contribution in [3.8, 4) is 0 Å². The van der Waals surface area contributed by atoms with E-state index in [4.69, 9.17) is 22.4 Å². The van der Waals surface area contributed by atoms with Crippen LogP contribution in [-0.4, -0.2) is 26.2 Å². The minimum atomic E-state index is -3.68. The monoisotopic (exact) mass is 370 g/mol. The van der Waals surface area contributed by atoms with Gasteiger partial charge in [0.1, 0.15) is 0 Å². The lowest BCUT2D eigenvalue weighted by Crippen LogP contribution is -2.26. The van der Waals surface area contributed by atoms with Gasteiger partial charge in [-0.2, -0.15) is 0 Å². The van der Waals surface area contributed by atoms with E-state index in [2.05, 4.69) is 20.7 Å². The molecule has 0 aliphatic carbocycles. The van der Waals surface area contributed by atoms with Crippen molar-refractivity contribution in [2.24, 2.45) is 0 Å². The Morgan fingerprint density at radius 2 is 2.16 bits per heavy atom. The van der Waals surface area contributed by atoms with Gasteiger partial charge in [0.25, 0.3) is 0 Å². The van der Waals surface area contributed by atoms with E-state index in [0.717, 1.165) is 0 Å². The van der Waals surface area contributed by atoms with Crippen molar-refractivity contribution in [1.29, 1.82) is 0 Å². The summed E-state index contributed by atoms with van der Waals surface area (Å²) in [6.45, 7) is 1.90. The Labute approximate surface area is 126 Å². The molecular formula is C11H16BrClN2O3S. The highest BCUT2D eigenvalue weighted by Gasteiger charge is 2.19. The minimum Gasteiger partial charge on any atom is -0.398 e. The second-order valence-electron chi connectivity index (χ2n) is 4.20. The van der Waals surface area contributed by atoms with Crippen molar-refractivity contribution in [2.45, 2.75) is 30.8 Å². The van der Waals surface area contributed by atoms with Crippen LogP contribution in [0.15, 0.2) is 21.5 Å². The molecule has 1 rings (SSSR count). The summed E-state index contributed by atoms with van der Waals surface area (Å²) in [6, 6.07) is 2.80. The normalized spacial score (nSPS) is 13.5. The zero-order chi connectivity index (χ0) is 14.6. The van der Waals surface area contributed by atoms with Gasteiger partial charge >= 0.3 is 0 Å². The Morgan fingerprint density at radius 1 is 1.53 bits per heavy atom. The average Bonchev–Trinajstić information content (AvgIpc) is 2.29. The van der Waals surface area contributed by atoms with E-state index < -0.39 is 16.1 Å². The summed E-state index contributed by atoms with van der Waals surface area (Å²) in [5.74, 6) is 0. The van der Waals surface area contributed by atoms with E-state index in [-0.39, 0.29) is 22.2 Å². The van der Waals surface area contributed by atoms with Crippen LogP contribution >= 0.6 is 27.5 Å². The molecule has 0 aliphatic rings. The Morgan fingerprint density at radius 3 is 2.74 bits per heavy atom. The molecule has 19 heavy (non-hydrogen) atoms. The highest BCUT2D eigenvalue weighted by Crippen LogP contribution is 2.31. The lowest BCUT2D eigenvalue weighted by Gasteiger charge is -2.11. The van der Waals surface area contributed by atoms with Crippen molar-refractivity contribution in [3.63, 3.8) is 0 Å². The first kappa shape index (κ1) is 16.7. The summed E-state index contributed by atoms with van der Waals surface area (Å²) >= 11 is 8.94. The van der Waals surface area contributed by atoms with Gasteiger partial charge < -0.3 is 10.8 Å². The van der Waals surface area contributed by atoms with Gasteiger partial charge in [-0.05, 0) is 47.8 Å². The predicted molar refractivity (Wildman–Crippen MR) is 79.7 cm³/mol. The Balaban J connectivity index is 2.83. The fourth-order valence-electron chi connectivity index (χ4n) is 1.46. The molecule has 0 heterocycles. The van der Waals surface area contributed by atoms with Crippen LogP contribution < -0.4 is 10.5 Å². The van der Waals surface area contributed by atoms with Gasteiger partial charge in [0.2, 0.25) is 10.0 Å². The first-order chi connectivity index (χ1) is 8.74. The molecule has 5 nitrogen and oxygen atoms in total. The summed E-state index contributed by atoms with van der Waals surface area (Å²) in [7, 11) is -3.68. The number of halogens is 2. The maximum Gasteiger partial charge on any atom is 0.241 e. The van der Waals surface area contributed by atoms with Crippen LogP contribution in [-0.2, 0) is 10.0 Å². The van der Waals surface area contributed by atoms with Crippen molar-refractivity contribution in [2.75, 3.05) is 12.3 Å². The molecule has 8 heteroatoms. The quantitative estimate of drug-likeness (QED) is 0.527. The number of aliphatic hydroxyl groups excluding tert-OH is 1. The topological polar surface area (TPSA) is 92.4 Å². The highest BCUT2D eigenvalue weighted by molar-refractivity contribution is 9.10. The second-order valence-corrected chi connectivity index (χ2v) is 7.16. The SMILES string of the molecule is CC(O)CCCNS(=O)(=O)c1cc(Cl)cc(N)c1Br. The van der Waals surface area contributed by atoms with E-state index in [1.54, 1.807) is 6.92 Å². The zero-order valence-electron chi connectivity index (χ0n) is 10.4. The third-order valence-electron chi connectivity index (χ3n) is 2.41. The van der Waals surface area contributed by atoms with Crippen molar-refractivity contribution in [3.05, 3.63) is 21.6 Å². The third-order valence-corrected chi connectivity index (χ3v) is 5.26.